The van der Waals surface area contributed by atoms with Crippen LogP contribution in [0.2, 0.25) is 0 Å². The van der Waals surface area contributed by atoms with Crippen molar-refractivity contribution >= 4 is 22.3 Å². The van der Waals surface area contributed by atoms with Gasteiger partial charge < -0.3 is 56.9 Å². The average molecular weight is 1010 g/mol. The molecule has 5 aliphatic carbocycles. The van der Waals surface area contributed by atoms with E-state index in [1.54, 1.807) is 12.1 Å². The van der Waals surface area contributed by atoms with E-state index < -0.39 is 29.6 Å². The Hall–Kier alpha value is -5.46. The highest BCUT2D eigenvalue weighted by Gasteiger charge is 2.63. The molecule has 13 heteroatoms. The summed E-state index contributed by atoms with van der Waals surface area (Å²) in [6.07, 6.45) is 6.26. The molecule has 2 aliphatic heterocycles. The number of carbonyl (C=O) groups excluding carboxylic acids is 2. The molecule has 4 fully saturated rings. The molecule has 11 N–H and O–H groups in total. The van der Waals surface area contributed by atoms with Crippen LogP contribution < -0.4 is 26.4 Å². The van der Waals surface area contributed by atoms with E-state index >= 15 is 0 Å². The van der Waals surface area contributed by atoms with Crippen LogP contribution in [0.15, 0.2) is 90.4 Å². The highest BCUT2D eigenvalue weighted by molar-refractivity contribution is 5.89. The molecule has 392 valence electrons. The van der Waals surface area contributed by atoms with Gasteiger partial charge in [0.25, 0.3) is 0 Å². The molecule has 0 bridgehead atoms. The van der Waals surface area contributed by atoms with Gasteiger partial charge in [-0.05, 0) is 175 Å². The molecule has 4 aromatic rings. The molecule has 0 unspecified atom stereocenters. The summed E-state index contributed by atoms with van der Waals surface area (Å²) in [7, 11) is 1.48. The fourth-order valence-electron chi connectivity index (χ4n) is 16.1. The van der Waals surface area contributed by atoms with E-state index in [9.17, 15) is 35.1 Å². The Labute approximate surface area is 434 Å². The zero-order chi connectivity index (χ0) is 51.4. The first-order valence-corrected chi connectivity index (χ1v) is 27.5. The fourth-order valence-corrected chi connectivity index (χ4v) is 16.1. The zero-order valence-corrected chi connectivity index (χ0v) is 42.8. The number of phenols is 1. The quantitative estimate of drug-likeness (QED) is 0.0642. The molecule has 7 aliphatic rings. The Morgan fingerprint density at radius 1 is 0.973 bits per heavy atom. The number of hydrogen-bond donors (Lipinski definition) is 10. The van der Waals surface area contributed by atoms with E-state index in [0.29, 0.717) is 80.5 Å². The molecule has 74 heavy (non-hydrogen) atoms. The van der Waals surface area contributed by atoms with Crippen LogP contribution in [0.5, 0.6) is 11.5 Å². The van der Waals surface area contributed by atoms with Gasteiger partial charge >= 0.3 is 0 Å². The van der Waals surface area contributed by atoms with Gasteiger partial charge in [0.15, 0.2) is 17.3 Å². The van der Waals surface area contributed by atoms with Crippen LogP contribution >= 0.6 is 0 Å². The SMILES string of the molecule is CCNC[C@@H]1[C@@H]2c3[nH]ccc3[C@H]3CC(=O)C[C@H]4NC[C@@H]([C@@H](CCO)[C@@H]1[C@H]1CC[C@]5(C#C[C@H](C[C@H](O)[C@H](O)C[C@H](C6=CCNC(N)=C6)c6ccc7ccccc7c6)c6cc(O)c(OC)cc6CCC5=O)[C@H](O)C1)[C@H]2[C@@H]34. The first-order valence-electron chi connectivity index (χ1n) is 27.5. The second-order valence-corrected chi connectivity index (χ2v) is 22.9. The summed E-state index contributed by atoms with van der Waals surface area (Å²) >= 11 is 0. The van der Waals surface area contributed by atoms with Crippen molar-refractivity contribution in [2.75, 3.05) is 39.9 Å². The van der Waals surface area contributed by atoms with E-state index in [0.717, 1.165) is 47.1 Å². The number of benzene rings is 3. The van der Waals surface area contributed by atoms with Gasteiger partial charge in [-0.2, -0.15) is 0 Å². The van der Waals surface area contributed by atoms with E-state index in [-0.39, 0.29) is 96.5 Å². The van der Waals surface area contributed by atoms with E-state index in [1.165, 1.54) is 18.4 Å². The molecule has 1 saturated heterocycles. The van der Waals surface area contributed by atoms with Crippen molar-refractivity contribution < 1.29 is 39.9 Å². The molecular formula is C61H75N5O8. The number of H-pyrrole nitrogens is 1. The Balaban J connectivity index is 0.909. The summed E-state index contributed by atoms with van der Waals surface area (Å²) in [5.74, 6) is 8.60. The molecule has 0 radical (unpaired) electrons. The van der Waals surface area contributed by atoms with Gasteiger partial charge in [-0.3, -0.25) is 9.59 Å². The van der Waals surface area contributed by atoms with E-state index in [4.69, 9.17) is 10.5 Å². The van der Waals surface area contributed by atoms with Crippen LogP contribution in [0.25, 0.3) is 10.8 Å². The lowest BCUT2D eigenvalue weighted by Gasteiger charge is -2.64. The van der Waals surface area contributed by atoms with Crippen molar-refractivity contribution in [2.24, 2.45) is 52.6 Å². The molecule has 1 spiro atoms. The standard InChI is InChI=1S/C61H75N5O8/c1-3-63-31-47-56(41(16-21-67)46-32-66-48-28-40(68)27-45-42-15-20-65-60(42)59(47)58(46)57(45)48)39-13-18-61(54(73)25-39)17-12-37(44-30-51(71)52(74-2)24-36(44)10-11-53(61)72)23-49(69)50(70)29-43(38-14-19-64-55(62)26-38)35-9-8-33-6-4-5-7-34(33)22-35/h4-9,14-15,20,22,24,26,30,37,39,41,43,45-50,54,56-59,63-67,69-71,73H,3,10-11,13,16,18-19,21,23,25,27-29,31-32,62H2,1-2H3/t37-,39+,41-,43+,45-,46+,47+,48-,49+,50-,54-,56+,57+,58+,59+,61+/m1/s1. The normalized spacial score (nSPS) is 33.4. The first-order chi connectivity index (χ1) is 35.9. The predicted octanol–water partition coefficient (Wildman–Crippen LogP) is 6.17. The summed E-state index contributed by atoms with van der Waals surface area (Å²) in [6, 6.07) is 20.1. The molecule has 3 aromatic carbocycles. The number of aromatic amines is 1. The van der Waals surface area contributed by atoms with Crippen molar-refractivity contribution in [1.82, 2.24) is 20.9 Å². The number of phenolic OH excluding ortho intramolecular Hbond substituents is 1. The molecule has 3 heterocycles. The van der Waals surface area contributed by atoms with Crippen LogP contribution in [0.1, 0.15) is 116 Å². The summed E-state index contributed by atoms with van der Waals surface area (Å²) in [5, 5.41) is 72.1. The third-order valence-corrected chi connectivity index (χ3v) is 19.3. The number of ether oxygens (including phenoxy) is 1. The van der Waals surface area contributed by atoms with E-state index in [2.05, 4.69) is 88.4 Å². The van der Waals surface area contributed by atoms with E-state index in [1.807, 2.05) is 18.2 Å². The Morgan fingerprint density at radius 3 is 2.59 bits per heavy atom. The third-order valence-electron chi connectivity index (χ3n) is 19.3. The molecule has 0 amide bonds. The Bertz CT molecular complexity index is 2880. The number of rotatable bonds is 14. The lowest BCUT2D eigenvalue weighted by molar-refractivity contribution is -0.141. The topological polar surface area (TPSA) is 222 Å². The first kappa shape index (κ1) is 50.7. The Kier molecular flexibility index (Phi) is 14.3. The number of nitrogens with two attached hydrogens (primary N) is 1. The molecule has 1 aromatic heterocycles. The number of aliphatic hydroxyl groups excluding tert-OH is 4. The lowest BCUT2D eigenvalue weighted by atomic mass is 9.43. The maximum Gasteiger partial charge on any atom is 0.160 e. The molecular weight excluding hydrogens is 931 g/mol. The van der Waals surface area contributed by atoms with Crippen molar-refractivity contribution in [3.05, 3.63) is 118 Å². The molecule has 16 atom stereocenters. The summed E-state index contributed by atoms with van der Waals surface area (Å²) < 4.78 is 5.56. The van der Waals surface area contributed by atoms with Gasteiger partial charge in [-0.15, -0.1) is 0 Å². The number of piperidine rings is 1. The second-order valence-electron chi connectivity index (χ2n) is 22.9. The van der Waals surface area contributed by atoms with Crippen molar-refractivity contribution in [2.45, 2.75) is 119 Å². The lowest BCUT2D eigenvalue weighted by Crippen LogP contribution is -2.65. The van der Waals surface area contributed by atoms with Crippen LogP contribution in [0.3, 0.4) is 0 Å². The molecule has 3 saturated carbocycles. The van der Waals surface area contributed by atoms with Gasteiger partial charge in [0.05, 0.1) is 31.2 Å². The Morgan fingerprint density at radius 2 is 1.81 bits per heavy atom. The number of hydrogen-bond acceptors (Lipinski definition) is 12. The highest BCUT2D eigenvalue weighted by Crippen LogP contribution is 2.65. The number of nitrogens with one attached hydrogen (secondary N) is 4. The average Bonchev–Trinajstić information content (AvgIpc) is 3.94. The van der Waals surface area contributed by atoms with Gasteiger partial charge in [-0.25, -0.2) is 0 Å². The van der Waals surface area contributed by atoms with Crippen LogP contribution in [-0.4, -0.2) is 106 Å². The number of allylic oxidation sites excluding steroid dienone is 2. The fraction of sp³-hybridized carbons (Fsp3) is 0.541. The largest absolute Gasteiger partial charge is 0.504 e. The van der Waals surface area contributed by atoms with Gasteiger partial charge in [-0.1, -0.05) is 67.3 Å². The van der Waals surface area contributed by atoms with Crippen LogP contribution in [0, 0.1) is 58.7 Å². The minimum absolute atomic E-state index is 0.00551. The van der Waals surface area contributed by atoms with Crippen LogP contribution in [0.4, 0.5) is 0 Å². The minimum Gasteiger partial charge on any atom is -0.504 e. The number of Topliss-reactive ketones (excluding diaryl/α,β-unsaturated/α-hetero) is 2. The predicted molar refractivity (Wildman–Crippen MR) is 284 cm³/mol. The molecule has 13 nitrogen and oxygen atoms in total. The van der Waals surface area contributed by atoms with Gasteiger partial charge in [0.2, 0.25) is 0 Å². The monoisotopic (exact) mass is 1010 g/mol. The number of aryl methyl sites for hydroxylation is 1. The number of carbonyl (C=O) groups is 2. The number of aliphatic hydroxyl groups is 4. The summed E-state index contributed by atoms with van der Waals surface area (Å²) in [5.41, 5.74) is 10.8. The van der Waals surface area contributed by atoms with Gasteiger partial charge in [0.1, 0.15) is 11.2 Å². The number of aromatic nitrogens is 1. The molecule has 11 rings (SSSR count). The van der Waals surface area contributed by atoms with Gasteiger partial charge in [0, 0.05) is 68.1 Å². The highest BCUT2D eigenvalue weighted by atomic mass is 16.5. The third kappa shape index (κ3) is 9.07. The van der Waals surface area contributed by atoms with Crippen molar-refractivity contribution in [3.8, 4) is 23.3 Å². The van der Waals surface area contributed by atoms with Crippen molar-refractivity contribution in [3.63, 3.8) is 0 Å². The van der Waals surface area contributed by atoms with Crippen molar-refractivity contribution in [1.29, 1.82) is 0 Å². The zero-order valence-electron chi connectivity index (χ0n) is 42.8. The maximum absolute atomic E-state index is 15.0. The minimum atomic E-state index is -1.37. The number of dihydropyridines is 1. The number of methoxy groups -OCH3 is 1. The van der Waals surface area contributed by atoms with Crippen LogP contribution in [-0.2, 0) is 16.0 Å². The number of aromatic hydroxyl groups is 1. The number of ketones is 2. The summed E-state index contributed by atoms with van der Waals surface area (Å²) in [4.78, 5) is 31.9. The second kappa shape index (κ2) is 20.9. The summed E-state index contributed by atoms with van der Waals surface area (Å²) in [6.45, 7) is 5.11. The maximum atomic E-state index is 15.0. The number of fused-ring (bicyclic) bond motifs is 5. The smallest absolute Gasteiger partial charge is 0.160 e.